The van der Waals surface area contributed by atoms with Crippen molar-refractivity contribution >= 4 is 0 Å². The normalized spacial score (nSPS) is 39.8. The minimum atomic E-state index is 0.505. The number of hydrogen-bond donors (Lipinski definition) is 1. The molecule has 0 aromatic carbocycles. The maximum atomic E-state index is 3.47. The third-order valence-electron chi connectivity index (χ3n) is 6.41. The van der Waals surface area contributed by atoms with Crippen molar-refractivity contribution < 1.29 is 0 Å². The summed E-state index contributed by atoms with van der Waals surface area (Å²) in [5, 5.41) is 3.47. The predicted molar refractivity (Wildman–Crippen MR) is 88.8 cm³/mol. The molecule has 2 saturated carbocycles. The van der Waals surface area contributed by atoms with Gasteiger partial charge in [0.2, 0.25) is 0 Å². The summed E-state index contributed by atoms with van der Waals surface area (Å²) < 4.78 is 0. The molecule has 2 rings (SSSR count). The van der Waals surface area contributed by atoms with E-state index >= 15 is 0 Å². The fraction of sp³-hybridized carbons (Fsp3) is 1.00. The van der Waals surface area contributed by atoms with Crippen LogP contribution in [0.15, 0.2) is 0 Å². The van der Waals surface area contributed by atoms with Gasteiger partial charge in [0.25, 0.3) is 0 Å². The van der Waals surface area contributed by atoms with Crippen LogP contribution in [0.2, 0.25) is 0 Å². The Morgan fingerprint density at radius 2 is 1.60 bits per heavy atom. The Bertz CT molecular complexity index is 283. The van der Waals surface area contributed by atoms with Crippen molar-refractivity contribution in [3.8, 4) is 0 Å². The van der Waals surface area contributed by atoms with Gasteiger partial charge in [0.1, 0.15) is 0 Å². The Hall–Kier alpha value is -0.0400. The molecule has 1 nitrogen and oxygen atoms in total. The van der Waals surface area contributed by atoms with E-state index in [1.807, 2.05) is 0 Å². The second-order valence-electron chi connectivity index (χ2n) is 8.88. The molecule has 0 aromatic heterocycles. The number of nitrogens with one attached hydrogen (secondary N) is 1. The van der Waals surface area contributed by atoms with E-state index in [2.05, 4.69) is 40.1 Å². The van der Waals surface area contributed by atoms with Crippen LogP contribution in [0.4, 0.5) is 0 Å². The quantitative estimate of drug-likeness (QED) is 0.757. The van der Waals surface area contributed by atoms with Crippen molar-refractivity contribution in [2.24, 2.45) is 35.0 Å². The summed E-state index contributed by atoms with van der Waals surface area (Å²) in [6.45, 7) is 11.1. The summed E-state index contributed by atoms with van der Waals surface area (Å²) in [4.78, 5) is 0. The molecular weight excluding hydrogens is 242 g/mol. The van der Waals surface area contributed by atoms with E-state index in [0.717, 1.165) is 29.6 Å². The average molecular weight is 280 g/mol. The van der Waals surface area contributed by atoms with Crippen molar-refractivity contribution in [2.75, 3.05) is 13.6 Å². The van der Waals surface area contributed by atoms with Crippen LogP contribution in [0.25, 0.3) is 0 Å². The van der Waals surface area contributed by atoms with Crippen LogP contribution in [0.3, 0.4) is 0 Å². The molecule has 20 heavy (non-hydrogen) atoms. The molecule has 0 saturated heterocycles. The van der Waals surface area contributed by atoms with Crippen LogP contribution in [0.5, 0.6) is 0 Å². The lowest BCUT2D eigenvalue weighted by Crippen LogP contribution is -2.40. The fourth-order valence-electron chi connectivity index (χ4n) is 4.86. The number of rotatable bonds is 3. The van der Waals surface area contributed by atoms with Crippen molar-refractivity contribution in [1.29, 1.82) is 0 Å². The van der Waals surface area contributed by atoms with Gasteiger partial charge in [0.15, 0.2) is 0 Å². The van der Waals surface area contributed by atoms with Gasteiger partial charge in [-0.05, 0) is 80.7 Å². The largest absolute Gasteiger partial charge is 0.319 e. The van der Waals surface area contributed by atoms with Gasteiger partial charge in [-0.1, -0.05) is 40.5 Å². The van der Waals surface area contributed by atoms with E-state index in [-0.39, 0.29) is 0 Å². The van der Waals surface area contributed by atoms with E-state index < -0.39 is 0 Å². The molecule has 0 spiro atoms. The highest BCUT2D eigenvalue weighted by Gasteiger charge is 2.39. The fourth-order valence-corrected chi connectivity index (χ4v) is 4.86. The first-order valence-corrected chi connectivity index (χ1v) is 9.06. The van der Waals surface area contributed by atoms with Crippen LogP contribution in [0, 0.1) is 35.0 Å². The highest BCUT2D eigenvalue weighted by atomic mass is 14.8. The Morgan fingerprint density at radius 3 is 2.15 bits per heavy atom. The van der Waals surface area contributed by atoms with Gasteiger partial charge < -0.3 is 5.32 Å². The first-order valence-electron chi connectivity index (χ1n) is 9.06. The Kier molecular flexibility index (Phi) is 5.56. The van der Waals surface area contributed by atoms with Crippen molar-refractivity contribution in [2.45, 2.75) is 72.6 Å². The van der Waals surface area contributed by atoms with Gasteiger partial charge in [0.05, 0.1) is 0 Å². The van der Waals surface area contributed by atoms with Gasteiger partial charge >= 0.3 is 0 Å². The molecule has 0 amide bonds. The molecule has 2 aliphatic rings. The molecule has 2 aliphatic carbocycles. The third-order valence-corrected chi connectivity index (χ3v) is 6.41. The molecule has 1 N–H and O–H groups in total. The summed E-state index contributed by atoms with van der Waals surface area (Å²) in [5.74, 6) is 4.88. The molecule has 118 valence electrons. The standard InChI is InChI=1S/C19H37N/c1-14-6-8-15(9-7-14)18-12-17(19(2,3)4)11-10-16(18)13-20-5/h14-18,20H,6-13H2,1-5H3. The number of hydrogen-bond acceptors (Lipinski definition) is 1. The SMILES string of the molecule is CNCC1CCC(C(C)(C)C)CC1C1CCC(C)CC1. The molecule has 2 fully saturated rings. The second-order valence-corrected chi connectivity index (χ2v) is 8.88. The first-order chi connectivity index (χ1) is 9.41. The minimum Gasteiger partial charge on any atom is -0.319 e. The summed E-state index contributed by atoms with van der Waals surface area (Å²) in [6.07, 6.45) is 10.4. The van der Waals surface area contributed by atoms with Gasteiger partial charge in [-0.3, -0.25) is 0 Å². The maximum Gasteiger partial charge on any atom is -0.00208 e. The van der Waals surface area contributed by atoms with Gasteiger partial charge in [-0.15, -0.1) is 0 Å². The summed E-state index contributed by atoms with van der Waals surface area (Å²) >= 11 is 0. The monoisotopic (exact) mass is 279 g/mol. The van der Waals surface area contributed by atoms with E-state index in [1.165, 1.54) is 51.5 Å². The average Bonchev–Trinajstić information content (AvgIpc) is 2.39. The minimum absolute atomic E-state index is 0.505. The van der Waals surface area contributed by atoms with Crippen LogP contribution in [0.1, 0.15) is 72.6 Å². The summed E-state index contributed by atoms with van der Waals surface area (Å²) in [5.41, 5.74) is 0.505. The first kappa shape index (κ1) is 16.3. The summed E-state index contributed by atoms with van der Waals surface area (Å²) in [6, 6.07) is 0. The lowest BCUT2D eigenvalue weighted by Gasteiger charge is -2.46. The van der Waals surface area contributed by atoms with E-state index in [0.29, 0.717) is 5.41 Å². The molecule has 3 atom stereocenters. The third kappa shape index (κ3) is 4.00. The summed E-state index contributed by atoms with van der Waals surface area (Å²) in [7, 11) is 2.13. The Balaban J connectivity index is 2.02. The van der Waals surface area contributed by atoms with E-state index in [9.17, 15) is 0 Å². The molecule has 0 bridgehead atoms. The molecule has 0 radical (unpaired) electrons. The molecule has 3 unspecified atom stereocenters. The van der Waals surface area contributed by atoms with Crippen LogP contribution in [-0.4, -0.2) is 13.6 Å². The molecule has 1 heteroatoms. The smallest absolute Gasteiger partial charge is 0.00208 e. The Morgan fingerprint density at radius 1 is 0.950 bits per heavy atom. The molecule has 0 heterocycles. The maximum absolute atomic E-state index is 3.47. The van der Waals surface area contributed by atoms with Gasteiger partial charge in [0, 0.05) is 0 Å². The zero-order valence-electron chi connectivity index (χ0n) is 14.5. The highest BCUT2D eigenvalue weighted by molar-refractivity contribution is 4.90. The lowest BCUT2D eigenvalue weighted by atomic mass is 9.60. The van der Waals surface area contributed by atoms with Crippen molar-refractivity contribution in [3.05, 3.63) is 0 Å². The highest BCUT2D eigenvalue weighted by Crippen LogP contribution is 2.48. The molecule has 0 aliphatic heterocycles. The van der Waals surface area contributed by atoms with Crippen LogP contribution in [-0.2, 0) is 0 Å². The zero-order valence-corrected chi connectivity index (χ0v) is 14.5. The van der Waals surface area contributed by atoms with Crippen molar-refractivity contribution in [1.82, 2.24) is 5.32 Å². The Labute approximate surface area is 127 Å². The van der Waals surface area contributed by atoms with Gasteiger partial charge in [-0.25, -0.2) is 0 Å². The molecule has 0 aromatic rings. The molecular formula is C19H37N. The zero-order chi connectivity index (χ0) is 14.8. The second kappa shape index (κ2) is 6.81. The van der Waals surface area contributed by atoms with Crippen molar-refractivity contribution in [3.63, 3.8) is 0 Å². The van der Waals surface area contributed by atoms with Crippen LogP contribution >= 0.6 is 0 Å². The lowest BCUT2D eigenvalue weighted by molar-refractivity contribution is 0.0464. The van der Waals surface area contributed by atoms with E-state index in [1.54, 1.807) is 0 Å². The topological polar surface area (TPSA) is 12.0 Å². The van der Waals surface area contributed by atoms with Crippen LogP contribution < -0.4 is 5.32 Å². The predicted octanol–water partition coefficient (Wildman–Crippen LogP) is 5.11. The van der Waals surface area contributed by atoms with Gasteiger partial charge in [-0.2, -0.15) is 0 Å². The van der Waals surface area contributed by atoms with E-state index in [4.69, 9.17) is 0 Å².